The summed E-state index contributed by atoms with van der Waals surface area (Å²) in [5.74, 6) is 0. The first-order valence-electron chi connectivity index (χ1n) is 9.88. The van der Waals surface area contributed by atoms with Crippen LogP contribution in [0.4, 0.5) is 0 Å². The Hall–Kier alpha value is -2.34. The number of hydrogen-bond donors (Lipinski definition) is 2. The lowest BCUT2D eigenvalue weighted by Crippen LogP contribution is -2.39. The highest BCUT2D eigenvalue weighted by atomic mass is 31.1. The molecule has 0 atom stereocenters. The first kappa shape index (κ1) is 20.9. The first-order chi connectivity index (χ1) is 14.6. The molecule has 4 aromatic carbocycles. The molecule has 0 aliphatic rings. The smallest absolute Gasteiger partial charge is 0.194 e. The lowest BCUT2D eigenvalue weighted by molar-refractivity contribution is -0.0597. The molecule has 0 heterocycles. The molecule has 4 rings (SSSR count). The normalized spacial score (nSPS) is 11.7. The minimum Gasteiger partial charge on any atom is -0.361 e. The maximum atomic E-state index is 11.6. The Bertz CT molecular complexity index is 960. The van der Waals surface area contributed by atoms with Crippen LogP contribution in [-0.2, 0) is 0 Å². The van der Waals surface area contributed by atoms with E-state index in [2.05, 4.69) is 24.3 Å². The molecule has 2 nitrogen and oxygen atoms in total. The molecule has 0 saturated heterocycles. The van der Waals surface area contributed by atoms with Crippen molar-refractivity contribution >= 4 is 37.1 Å². The summed E-state index contributed by atoms with van der Waals surface area (Å²) in [5, 5.41) is 27.3. The molecule has 0 aliphatic heterocycles. The second-order valence-electron chi connectivity index (χ2n) is 7.04. The van der Waals surface area contributed by atoms with Crippen LogP contribution in [-0.4, -0.2) is 21.9 Å². The second kappa shape index (κ2) is 9.65. The van der Waals surface area contributed by atoms with Crippen molar-refractivity contribution in [3.63, 3.8) is 0 Å². The lowest BCUT2D eigenvalue weighted by atomic mass is 10.4. The summed E-state index contributed by atoms with van der Waals surface area (Å²) >= 11 is 0. The molecule has 0 fully saturated rings. The zero-order valence-electron chi connectivity index (χ0n) is 16.5. The Morgan fingerprint density at radius 3 is 1.10 bits per heavy atom. The van der Waals surface area contributed by atoms with Crippen LogP contribution < -0.4 is 21.2 Å². The van der Waals surface area contributed by atoms with Crippen molar-refractivity contribution in [2.75, 3.05) is 6.16 Å². The van der Waals surface area contributed by atoms with Gasteiger partial charge >= 0.3 is 0 Å². The average Bonchev–Trinajstić information content (AvgIpc) is 2.80. The third-order valence-corrected chi connectivity index (χ3v) is 10.2. The summed E-state index contributed by atoms with van der Waals surface area (Å²) in [6, 6.07) is 40.1. The maximum absolute atomic E-state index is 11.6. The predicted octanol–water partition coefficient (Wildman–Crippen LogP) is 3.89. The largest absolute Gasteiger partial charge is 0.361 e. The molecule has 0 spiro atoms. The van der Waals surface area contributed by atoms with Crippen LogP contribution >= 0.6 is 15.8 Å². The highest BCUT2D eigenvalue weighted by Gasteiger charge is 2.39. The molecule has 4 heteroatoms. The molecule has 2 N–H and O–H groups in total. The van der Waals surface area contributed by atoms with E-state index in [1.54, 1.807) is 0 Å². The SMILES string of the molecule is OC(O)(CP(c1ccccc1)c1ccccc1)P(c1ccccc1)c1ccccc1. The summed E-state index contributed by atoms with van der Waals surface area (Å²) in [7, 11) is -2.32. The van der Waals surface area contributed by atoms with Crippen molar-refractivity contribution in [2.24, 2.45) is 0 Å². The second-order valence-corrected chi connectivity index (χ2v) is 11.7. The topological polar surface area (TPSA) is 40.5 Å². The van der Waals surface area contributed by atoms with Crippen LogP contribution in [0.2, 0.25) is 0 Å². The minimum absolute atomic E-state index is 0.270. The fourth-order valence-corrected chi connectivity index (χ4v) is 8.75. The summed E-state index contributed by atoms with van der Waals surface area (Å²) in [6.45, 7) is 0. The third kappa shape index (κ3) is 4.86. The molecule has 0 unspecified atom stereocenters. The first-order valence-corrected chi connectivity index (χ1v) is 12.7. The monoisotopic (exact) mass is 430 g/mol. The summed E-state index contributed by atoms with van der Waals surface area (Å²) in [5.41, 5.74) is -1.85. The van der Waals surface area contributed by atoms with Gasteiger partial charge in [-0.25, -0.2) is 0 Å². The number of aliphatic hydroxyl groups is 2. The Morgan fingerprint density at radius 2 is 0.767 bits per heavy atom. The molecule has 0 saturated carbocycles. The van der Waals surface area contributed by atoms with Crippen molar-refractivity contribution in [3.8, 4) is 0 Å². The standard InChI is InChI=1S/C26H24O2P2/c27-26(28,30(24-17-9-3-10-18-24)25-19-11-4-12-20-25)21-29(22-13-5-1-6-14-22)23-15-7-2-8-16-23/h1-20,27-28H,21H2. The van der Waals surface area contributed by atoms with E-state index < -0.39 is 21.4 Å². The molecular formula is C26H24O2P2. The highest BCUT2D eigenvalue weighted by Crippen LogP contribution is 2.51. The van der Waals surface area contributed by atoms with E-state index in [0.29, 0.717) is 0 Å². The van der Waals surface area contributed by atoms with E-state index in [9.17, 15) is 10.2 Å². The lowest BCUT2D eigenvalue weighted by Gasteiger charge is -2.35. The Labute approximate surface area is 180 Å². The third-order valence-electron chi connectivity index (χ3n) is 4.89. The van der Waals surface area contributed by atoms with Crippen molar-refractivity contribution in [1.29, 1.82) is 0 Å². The Balaban J connectivity index is 1.77. The molecule has 0 aromatic heterocycles. The molecule has 0 amide bonds. The molecule has 150 valence electrons. The van der Waals surface area contributed by atoms with Crippen LogP contribution in [0, 0.1) is 0 Å². The van der Waals surface area contributed by atoms with E-state index in [4.69, 9.17) is 0 Å². The van der Waals surface area contributed by atoms with Gasteiger partial charge < -0.3 is 10.2 Å². The average molecular weight is 430 g/mol. The predicted molar refractivity (Wildman–Crippen MR) is 130 cm³/mol. The quantitative estimate of drug-likeness (QED) is 0.345. The van der Waals surface area contributed by atoms with Crippen molar-refractivity contribution in [2.45, 2.75) is 5.53 Å². The summed E-state index contributed by atoms with van der Waals surface area (Å²) in [4.78, 5) is 0. The Kier molecular flexibility index (Phi) is 6.72. The maximum Gasteiger partial charge on any atom is 0.194 e. The molecular weight excluding hydrogens is 406 g/mol. The van der Waals surface area contributed by atoms with Crippen LogP contribution in [0.3, 0.4) is 0 Å². The highest BCUT2D eigenvalue weighted by molar-refractivity contribution is 7.77. The van der Waals surface area contributed by atoms with Crippen molar-refractivity contribution in [3.05, 3.63) is 121 Å². The number of hydrogen-bond acceptors (Lipinski definition) is 2. The van der Waals surface area contributed by atoms with Gasteiger partial charge in [0.05, 0.1) is 0 Å². The van der Waals surface area contributed by atoms with Gasteiger partial charge in [-0.1, -0.05) is 121 Å². The zero-order valence-corrected chi connectivity index (χ0v) is 18.3. The molecule has 0 aliphatic carbocycles. The molecule has 0 radical (unpaired) electrons. The van der Waals surface area contributed by atoms with Gasteiger partial charge in [-0.3, -0.25) is 0 Å². The van der Waals surface area contributed by atoms with Crippen LogP contribution in [0.5, 0.6) is 0 Å². The van der Waals surface area contributed by atoms with E-state index in [0.717, 1.165) is 21.2 Å². The van der Waals surface area contributed by atoms with Crippen LogP contribution in [0.25, 0.3) is 0 Å². The van der Waals surface area contributed by atoms with Gasteiger partial charge in [0.1, 0.15) is 0 Å². The van der Waals surface area contributed by atoms with Crippen molar-refractivity contribution < 1.29 is 10.2 Å². The van der Waals surface area contributed by atoms with Crippen LogP contribution in [0.1, 0.15) is 0 Å². The molecule has 30 heavy (non-hydrogen) atoms. The van der Waals surface area contributed by atoms with Gasteiger partial charge in [-0.2, -0.15) is 0 Å². The van der Waals surface area contributed by atoms with Crippen LogP contribution in [0.15, 0.2) is 121 Å². The van der Waals surface area contributed by atoms with E-state index in [1.165, 1.54) is 0 Å². The minimum atomic E-state index is -1.85. The van der Waals surface area contributed by atoms with Gasteiger partial charge in [-0.15, -0.1) is 0 Å². The van der Waals surface area contributed by atoms with Gasteiger partial charge in [0.15, 0.2) is 5.53 Å². The van der Waals surface area contributed by atoms with Gasteiger partial charge in [0, 0.05) is 14.1 Å². The number of rotatable bonds is 7. The van der Waals surface area contributed by atoms with Gasteiger partial charge in [0.2, 0.25) is 0 Å². The van der Waals surface area contributed by atoms with Gasteiger partial charge in [0.25, 0.3) is 0 Å². The zero-order chi connectivity index (χ0) is 20.8. The van der Waals surface area contributed by atoms with E-state index in [1.807, 2.05) is 97.1 Å². The fourth-order valence-electron chi connectivity index (χ4n) is 3.55. The van der Waals surface area contributed by atoms with Gasteiger partial charge in [-0.05, 0) is 29.1 Å². The van der Waals surface area contributed by atoms with E-state index >= 15 is 0 Å². The molecule has 4 aromatic rings. The summed E-state index contributed by atoms with van der Waals surface area (Å²) < 4.78 is 0. The van der Waals surface area contributed by atoms with Crippen molar-refractivity contribution in [1.82, 2.24) is 0 Å². The molecule has 0 bridgehead atoms. The van der Waals surface area contributed by atoms with E-state index in [-0.39, 0.29) is 6.16 Å². The fraction of sp³-hybridized carbons (Fsp3) is 0.0769. The number of benzene rings is 4. The Morgan fingerprint density at radius 1 is 0.467 bits per heavy atom. The summed E-state index contributed by atoms with van der Waals surface area (Å²) in [6.07, 6.45) is 0.270.